The molecule has 17 heavy (non-hydrogen) atoms. The second kappa shape index (κ2) is 6.77. The third-order valence-corrected chi connectivity index (χ3v) is 2.65. The van der Waals surface area contributed by atoms with Crippen molar-refractivity contribution in [2.45, 2.75) is 52.2 Å². The standard InChI is InChI=1S/C13H25N3O/c1-4-7-14-8-5-12-10-16(11-15-12)9-6-13(2,3)17/h10-11,14,17H,4-9H2,1-3H3. The van der Waals surface area contributed by atoms with E-state index in [9.17, 15) is 5.11 Å². The predicted molar refractivity (Wildman–Crippen MR) is 70.0 cm³/mol. The summed E-state index contributed by atoms with van der Waals surface area (Å²) in [6.07, 6.45) is 6.80. The van der Waals surface area contributed by atoms with E-state index in [0.29, 0.717) is 0 Å². The smallest absolute Gasteiger partial charge is 0.0949 e. The Hall–Kier alpha value is -0.870. The highest BCUT2D eigenvalue weighted by Crippen LogP contribution is 2.09. The van der Waals surface area contributed by atoms with Gasteiger partial charge in [-0.2, -0.15) is 0 Å². The molecule has 1 aromatic rings. The molecule has 0 spiro atoms. The van der Waals surface area contributed by atoms with Gasteiger partial charge in [-0.05, 0) is 33.2 Å². The minimum atomic E-state index is -0.604. The molecule has 0 aromatic carbocycles. The van der Waals surface area contributed by atoms with Gasteiger partial charge < -0.3 is 15.0 Å². The number of aromatic nitrogens is 2. The predicted octanol–water partition coefficient (Wildman–Crippen LogP) is 1.59. The number of nitrogens with zero attached hydrogens (tertiary/aromatic N) is 2. The average Bonchev–Trinajstić information content (AvgIpc) is 2.69. The van der Waals surface area contributed by atoms with E-state index in [2.05, 4.69) is 23.4 Å². The zero-order valence-corrected chi connectivity index (χ0v) is 11.2. The highest BCUT2D eigenvalue weighted by atomic mass is 16.3. The Balaban J connectivity index is 2.28. The van der Waals surface area contributed by atoms with Crippen molar-refractivity contribution in [2.75, 3.05) is 13.1 Å². The molecule has 0 bridgehead atoms. The summed E-state index contributed by atoms with van der Waals surface area (Å²) in [5.74, 6) is 0. The summed E-state index contributed by atoms with van der Waals surface area (Å²) in [6, 6.07) is 0. The number of hydrogen-bond donors (Lipinski definition) is 2. The normalized spacial score (nSPS) is 12.0. The zero-order chi connectivity index (χ0) is 12.7. The lowest BCUT2D eigenvalue weighted by Gasteiger charge is -2.16. The molecule has 98 valence electrons. The molecule has 4 heteroatoms. The molecule has 2 N–H and O–H groups in total. The Kier molecular flexibility index (Phi) is 5.65. The van der Waals surface area contributed by atoms with Crippen LogP contribution in [0.15, 0.2) is 12.5 Å². The van der Waals surface area contributed by atoms with Crippen molar-refractivity contribution in [2.24, 2.45) is 0 Å². The molecule has 0 saturated carbocycles. The SMILES string of the molecule is CCCNCCc1cn(CCC(C)(C)O)cn1. The number of hydrogen-bond acceptors (Lipinski definition) is 3. The summed E-state index contributed by atoms with van der Waals surface area (Å²) >= 11 is 0. The first-order valence-electron chi connectivity index (χ1n) is 6.45. The summed E-state index contributed by atoms with van der Waals surface area (Å²) in [5.41, 5.74) is 0.511. The van der Waals surface area contributed by atoms with E-state index in [1.54, 1.807) is 0 Å². The maximum atomic E-state index is 9.64. The topological polar surface area (TPSA) is 50.1 Å². The molecule has 1 aromatic heterocycles. The number of nitrogens with one attached hydrogen (secondary N) is 1. The van der Waals surface area contributed by atoms with Crippen LogP contribution in [-0.2, 0) is 13.0 Å². The maximum absolute atomic E-state index is 9.64. The molecular weight excluding hydrogens is 214 g/mol. The van der Waals surface area contributed by atoms with Crippen LogP contribution < -0.4 is 5.32 Å². The molecular formula is C13H25N3O. The lowest BCUT2D eigenvalue weighted by Crippen LogP contribution is -2.20. The highest BCUT2D eigenvalue weighted by molar-refractivity contribution is 4.97. The molecule has 0 aliphatic rings. The zero-order valence-electron chi connectivity index (χ0n) is 11.2. The highest BCUT2D eigenvalue weighted by Gasteiger charge is 2.12. The molecule has 1 rings (SSSR count). The van der Waals surface area contributed by atoms with Crippen molar-refractivity contribution in [3.05, 3.63) is 18.2 Å². The Morgan fingerprint density at radius 3 is 2.82 bits per heavy atom. The van der Waals surface area contributed by atoms with Crippen molar-refractivity contribution in [1.82, 2.24) is 14.9 Å². The summed E-state index contributed by atoms with van der Waals surface area (Å²) in [4.78, 5) is 4.36. The maximum Gasteiger partial charge on any atom is 0.0949 e. The summed E-state index contributed by atoms with van der Waals surface area (Å²) in [6.45, 7) is 8.70. The third-order valence-electron chi connectivity index (χ3n) is 2.65. The monoisotopic (exact) mass is 239 g/mol. The van der Waals surface area contributed by atoms with Crippen LogP contribution in [0.5, 0.6) is 0 Å². The van der Waals surface area contributed by atoms with Crippen molar-refractivity contribution in [3.63, 3.8) is 0 Å². The molecule has 0 aliphatic carbocycles. The van der Waals surface area contributed by atoms with Gasteiger partial charge in [-0.1, -0.05) is 6.92 Å². The molecule has 0 amide bonds. The fraction of sp³-hybridized carbons (Fsp3) is 0.769. The van der Waals surface area contributed by atoms with Crippen molar-refractivity contribution < 1.29 is 5.11 Å². The fourth-order valence-electron chi connectivity index (χ4n) is 1.58. The van der Waals surface area contributed by atoms with Crippen molar-refractivity contribution in [3.8, 4) is 0 Å². The molecule has 1 heterocycles. The first-order chi connectivity index (χ1) is 8.01. The first-order valence-corrected chi connectivity index (χ1v) is 6.45. The lowest BCUT2D eigenvalue weighted by molar-refractivity contribution is 0.0662. The van der Waals surface area contributed by atoms with E-state index >= 15 is 0 Å². The molecule has 0 aliphatic heterocycles. The molecule has 0 fully saturated rings. The Labute approximate surface area is 104 Å². The van der Waals surface area contributed by atoms with E-state index in [0.717, 1.165) is 38.2 Å². The molecule has 0 radical (unpaired) electrons. The van der Waals surface area contributed by atoms with Crippen LogP contribution in [0.4, 0.5) is 0 Å². The van der Waals surface area contributed by atoms with Gasteiger partial charge in [0.05, 0.1) is 17.6 Å². The molecule has 4 nitrogen and oxygen atoms in total. The van der Waals surface area contributed by atoms with E-state index < -0.39 is 5.60 Å². The number of aryl methyl sites for hydroxylation is 1. The van der Waals surface area contributed by atoms with Crippen LogP contribution >= 0.6 is 0 Å². The quantitative estimate of drug-likeness (QED) is 0.677. The largest absolute Gasteiger partial charge is 0.390 e. The van der Waals surface area contributed by atoms with Crippen LogP contribution in [0.25, 0.3) is 0 Å². The first kappa shape index (κ1) is 14.2. The summed E-state index contributed by atoms with van der Waals surface area (Å²) < 4.78 is 2.05. The molecule has 0 atom stereocenters. The number of imidazole rings is 1. The third kappa shape index (κ3) is 6.44. The van der Waals surface area contributed by atoms with E-state index in [1.165, 1.54) is 6.42 Å². The van der Waals surface area contributed by atoms with E-state index in [-0.39, 0.29) is 0 Å². The minimum Gasteiger partial charge on any atom is -0.390 e. The second-order valence-corrected chi connectivity index (χ2v) is 5.17. The minimum absolute atomic E-state index is 0.604. The van der Waals surface area contributed by atoms with E-state index in [1.807, 2.05) is 24.7 Å². The summed E-state index contributed by atoms with van der Waals surface area (Å²) in [7, 11) is 0. The van der Waals surface area contributed by atoms with Gasteiger partial charge >= 0.3 is 0 Å². The summed E-state index contributed by atoms with van der Waals surface area (Å²) in [5, 5.41) is 13.0. The van der Waals surface area contributed by atoms with E-state index in [4.69, 9.17) is 0 Å². The number of aliphatic hydroxyl groups is 1. The van der Waals surface area contributed by atoms with Gasteiger partial charge in [-0.15, -0.1) is 0 Å². The van der Waals surface area contributed by atoms with Crippen LogP contribution in [0, 0.1) is 0 Å². The molecule has 0 saturated heterocycles. The van der Waals surface area contributed by atoms with Crippen LogP contribution in [0.3, 0.4) is 0 Å². The van der Waals surface area contributed by atoms with Crippen molar-refractivity contribution >= 4 is 0 Å². The van der Waals surface area contributed by atoms with Crippen molar-refractivity contribution in [1.29, 1.82) is 0 Å². The fourth-order valence-corrected chi connectivity index (χ4v) is 1.58. The lowest BCUT2D eigenvalue weighted by atomic mass is 10.1. The van der Waals surface area contributed by atoms with Gasteiger partial charge in [0.25, 0.3) is 0 Å². The number of rotatable bonds is 8. The molecule has 0 unspecified atom stereocenters. The van der Waals surface area contributed by atoms with Gasteiger partial charge in [-0.3, -0.25) is 0 Å². The van der Waals surface area contributed by atoms with Gasteiger partial charge in [-0.25, -0.2) is 4.98 Å². The van der Waals surface area contributed by atoms with Gasteiger partial charge in [0, 0.05) is 25.7 Å². The van der Waals surface area contributed by atoms with Gasteiger partial charge in [0.2, 0.25) is 0 Å². The second-order valence-electron chi connectivity index (χ2n) is 5.17. The Morgan fingerprint density at radius 2 is 2.18 bits per heavy atom. The van der Waals surface area contributed by atoms with Gasteiger partial charge in [0.1, 0.15) is 0 Å². The van der Waals surface area contributed by atoms with Crippen LogP contribution in [0.2, 0.25) is 0 Å². The Bertz CT molecular complexity index is 315. The Morgan fingerprint density at radius 1 is 1.41 bits per heavy atom. The average molecular weight is 239 g/mol. The van der Waals surface area contributed by atoms with Crippen LogP contribution in [-0.4, -0.2) is 33.3 Å². The van der Waals surface area contributed by atoms with Gasteiger partial charge in [0.15, 0.2) is 0 Å². The van der Waals surface area contributed by atoms with Crippen LogP contribution in [0.1, 0.15) is 39.3 Å².